The standard InChI is InChI=1S/C39H54O5/c1-24(2)27-16-21-39(34(42)43)23-22-37(6)28(33(27)39)13-14-30-36(5)19-18-31(35(3,4)29(36)17-20-38(30,37)7)44-32(41)15-10-25-8-11-26(40)12-9-25/h8-12,15,27-31,33,40H,1,13-14,16-23H2,2-7H3,(H,42,43)/b15-10+/t27-,28+,29-,30+,31+,33+,36-,37+,38+,39-/m0/s1. The number of ether oxygens (including phenoxy) is 1. The molecule has 0 aromatic heterocycles. The summed E-state index contributed by atoms with van der Waals surface area (Å²) >= 11 is 0. The molecule has 5 heteroatoms. The summed E-state index contributed by atoms with van der Waals surface area (Å²) in [4.78, 5) is 25.9. The lowest BCUT2D eigenvalue weighted by atomic mass is 9.32. The number of rotatable bonds is 5. The van der Waals surface area contributed by atoms with Gasteiger partial charge in [-0.2, -0.15) is 0 Å². The Morgan fingerprint density at radius 1 is 0.864 bits per heavy atom. The summed E-state index contributed by atoms with van der Waals surface area (Å²) < 4.78 is 6.19. The molecule has 240 valence electrons. The van der Waals surface area contributed by atoms with Gasteiger partial charge in [0, 0.05) is 11.5 Å². The number of benzene rings is 1. The molecule has 5 aliphatic rings. The number of aliphatic carboxylic acids is 1. The zero-order valence-electron chi connectivity index (χ0n) is 27.8. The van der Waals surface area contributed by atoms with Crippen LogP contribution in [0.25, 0.3) is 6.08 Å². The molecule has 0 amide bonds. The minimum atomic E-state index is -0.585. The summed E-state index contributed by atoms with van der Waals surface area (Å²) in [6, 6.07) is 6.79. The van der Waals surface area contributed by atoms with E-state index in [1.165, 1.54) is 11.6 Å². The molecule has 1 aromatic rings. The summed E-state index contributed by atoms with van der Waals surface area (Å²) in [6.07, 6.45) is 13.2. The molecule has 5 saturated carbocycles. The number of allylic oxidation sites excluding steroid dienone is 1. The molecule has 0 saturated heterocycles. The van der Waals surface area contributed by atoms with Crippen molar-refractivity contribution in [3.63, 3.8) is 0 Å². The van der Waals surface area contributed by atoms with E-state index in [1.807, 2.05) is 0 Å². The van der Waals surface area contributed by atoms with Crippen LogP contribution in [0, 0.1) is 56.7 Å². The van der Waals surface area contributed by atoms with Crippen molar-refractivity contribution < 1.29 is 24.5 Å². The fourth-order valence-corrected chi connectivity index (χ4v) is 12.6. The zero-order chi connectivity index (χ0) is 31.9. The second kappa shape index (κ2) is 10.5. The predicted octanol–water partition coefficient (Wildman–Crippen LogP) is 9.06. The Morgan fingerprint density at radius 2 is 1.57 bits per heavy atom. The van der Waals surface area contributed by atoms with Crippen LogP contribution >= 0.6 is 0 Å². The van der Waals surface area contributed by atoms with E-state index in [-0.39, 0.29) is 45.4 Å². The second-order valence-electron chi connectivity index (χ2n) is 16.9. The van der Waals surface area contributed by atoms with Crippen LogP contribution in [0.3, 0.4) is 0 Å². The summed E-state index contributed by atoms with van der Waals surface area (Å²) in [6.45, 7) is 18.8. The number of esters is 1. The average molecular weight is 603 g/mol. The number of phenolic OH excluding ortho intramolecular Hbond substituents is 1. The van der Waals surface area contributed by atoms with Crippen LogP contribution in [0.15, 0.2) is 42.5 Å². The number of carboxylic acids is 1. The Kier molecular flexibility index (Phi) is 7.49. The fraction of sp³-hybridized carbons (Fsp3) is 0.692. The number of carbonyl (C=O) groups excluding carboxylic acids is 1. The van der Waals surface area contributed by atoms with Crippen molar-refractivity contribution in [2.24, 2.45) is 56.7 Å². The zero-order valence-corrected chi connectivity index (χ0v) is 27.8. The summed E-state index contributed by atoms with van der Waals surface area (Å²) in [5, 5.41) is 20.2. The highest BCUT2D eigenvalue weighted by Crippen LogP contribution is 2.77. The quantitative estimate of drug-likeness (QED) is 0.200. The maximum Gasteiger partial charge on any atom is 0.331 e. The van der Waals surface area contributed by atoms with E-state index in [0.717, 1.165) is 69.8 Å². The summed E-state index contributed by atoms with van der Waals surface area (Å²) in [5.41, 5.74) is 1.71. The Hall–Kier alpha value is -2.56. The third-order valence-electron chi connectivity index (χ3n) is 15.0. The molecule has 2 N–H and O–H groups in total. The molecule has 0 unspecified atom stereocenters. The van der Waals surface area contributed by atoms with Crippen molar-refractivity contribution in [3.05, 3.63) is 48.1 Å². The van der Waals surface area contributed by atoms with E-state index in [1.54, 1.807) is 30.3 Å². The number of fused-ring (bicyclic) bond motifs is 7. The maximum atomic E-state index is 13.0. The van der Waals surface area contributed by atoms with Gasteiger partial charge in [0.1, 0.15) is 11.9 Å². The monoisotopic (exact) mass is 602 g/mol. The van der Waals surface area contributed by atoms with Crippen molar-refractivity contribution in [1.82, 2.24) is 0 Å². The third kappa shape index (κ3) is 4.37. The lowest BCUT2D eigenvalue weighted by Crippen LogP contribution is -2.67. The molecule has 0 spiro atoms. The Morgan fingerprint density at radius 3 is 2.23 bits per heavy atom. The first-order valence-electron chi connectivity index (χ1n) is 17.2. The normalized spacial score (nSPS) is 44.1. The number of aromatic hydroxyl groups is 1. The summed E-state index contributed by atoms with van der Waals surface area (Å²) in [7, 11) is 0. The van der Waals surface area contributed by atoms with Crippen molar-refractivity contribution in [3.8, 4) is 5.75 Å². The Bertz CT molecular complexity index is 1360. The van der Waals surface area contributed by atoms with Gasteiger partial charge in [-0.15, -0.1) is 0 Å². The SMILES string of the molecule is C=C(C)[C@@H]1CC[C@]2(C(=O)O)CC[C@]3(C)[C@H](CC[C@@H]4[C@@]5(C)CC[C@@H](OC(=O)/C=C/c6ccc(O)cc6)C(C)(C)[C@@H]5CC[C@]43C)[C@@H]12. The molecular formula is C39H54O5. The maximum absolute atomic E-state index is 13.0. The molecule has 5 nitrogen and oxygen atoms in total. The number of hydrogen-bond donors (Lipinski definition) is 2. The largest absolute Gasteiger partial charge is 0.508 e. The Balaban J connectivity index is 1.24. The van der Waals surface area contributed by atoms with Crippen LogP contribution in [-0.4, -0.2) is 28.3 Å². The molecule has 6 rings (SSSR count). The van der Waals surface area contributed by atoms with Crippen LogP contribution in [0.4, 0.5) is 0 Å². The van der Waals surface area contributed by atoms with Gasteiger partial charge < -0.3 is 14.9 Å². The molecule has 10 atom stereocenters. The van der Waals surface area contributed by atoms with E-state index in [2.05, 4.69) is 48.1 Å². The van der Waals surface area contributed by atoms with Crippen molar-refractivity contribution in [2.45, 2.75) is 112 Å². The average Bonchev–Trinajstić information content (AvgIpc) is 3.36. The molecule has 5 aliphatic carbocycles. The van der Waals surface area contributed by atoms with E-state index in [4.69, 9.17) is 4.74 Å². The lowest BCUT2D eigenvalue weighted by molar-refractivity contribution is -0.250. The number of hydrogen-bond acceptors (Lipinski definition) is 4. The van der Waals surface area contributed by atoms with Crippen molar-refractivity contribution >= 4 is 18.0 Å². The molecule has 0 bridgehead atoms. The molecule has 0 heterocycles. The van der Waals surface area contributed by atoms with Crippen LogP contribution in [-0.2, 0) is 14.3 Å². The predicted molar refractivity (Wildman–Crippen MR) is 174 cm³/mol. The third-order valence-corrected chi connectivity index (χ3v) is 15.0. The highest BCUT2D eigenvalue weighted by Gasteiger charge is 2.72. The number of carboxylic acid groups (broad SMARTS) is 1. The van der Waals surface area contributed by atoms with Gasteiger partial charge in [-0.1, -0.05) is 58.9 Å². The lowest BCUT2D eigenvalue weighted by Gasteiger charge is -2.72. The second-order valence-corrected chi connectivity index (χ2v) is 16.9. The molecule has 0 radical (unpaired) electrons. The molecule has 0 aliphatic heterocycles. The molecule has 5 fully saturated rings. The van der Waals surface area contributed by atoms with Crippen LogP contribution in [0.2, 0.25) is 0 Å². The first kappa shape index (κ1) is 31.4. The molecule has 44 heavy (non-hydrogen) atoms. The first-order chi connectivity index (χ1) is 20.6. The van der Waals surface area contributed by atoms with Gasteiger partial charge in [-0.05, 0) is 141 Å². The number of phenols is 1. The summed E-state index contributed by atoms with van der Waals surface area (Å²) in [5.74, 6) is 1.29. The molecule has 1 aromatic carbocycles. The first-order valence-corrected chi connectivity index (χ1v) is 17.2. The van der Waals surface area contributed by atoms with E-state index in [9.17, 15) is 19.8 Å². The molecular weight excluding hydrogens is 548 g/mol. The van der Waals surface area contributed by atoms with Gasteiger partial charge in [0.05, 0.1) is 5.41 Å². The topological polar surface area (TPSA) is 83.8 Å². The van der Waals surface area contributed by atoms with Gasteiger partial charge in [-0.25, -0.2) is 4.79 Å². The van der Waals surface area contributed by atoms with E-state index < -0.39 is 11.4 Å². The van der Waals surface area contributed by atoms with Crippen molar-refractivity contribution in [2.75, 3.05) is 0 Å². The van der Waals surface area contributed by atoms with Crippen LogP contribution in [0.5, 0.6) is 5.75 Å². The highest BCUT2D eigenvalue weighted by atomic mass is 16.5. The van der Waals surface area contributed by atoms with E-state index >= 15 is 0 Å². The van der Waals surface area contributed by atoms with Crippen LogP contribution < -0.4 is 0 Å². The Labute approximate surface area is 264 Å². The minimum absolute atomic E-state index is 0.109. The minimum Gasteiger partial charge on any atom is -0.508 e. The van der Waals surface area contributed by atoms with Gasteiger partial charge in [0.15, 0.2) is 0 Å². The highest BCUT2D eigenvalue weighted by molar-refractivity contribution is 5.87. The van der Waals surface area contributed by atoms with Crippen molar-refractivity contribution in [1.29, 1.82) is 0 Å². The van der Waals surface area contributed by atoms with Gasteiger partial charge in [-0.3, -0.25) is 4.79 Å². The van der Waals surface area contributed by atoms with Gasteiger partial charge in [0.25, 0.3) is 0 Å². The van der Waals surface area contributed by atoms with Gasteiger partial charge >= 0.3 is 11.9 Å². The van der Waals surface area contributed by atoms with Gasteiger partial charge in [0.2, 0.25) is 0 Å². The van der Waals surface area contributed by atoms with E-state index in [0.29, 0.717) is 23.7 Å². The number of carbonyl (C=O) groups is 2. The fourth-order valence-electron chi connectivity index (χ4n) is 12.6. The smallest absolute Gasteiger partial charge is 0.331 e. The van der Waals surface area contributed by atoms with Crippen LogP contribution in [0.1, 0.15) is 111 Å².